The first kappa shape index (κ1) is 15.6. The normalized spacial score (nSPS) is 10.7. The number of carbonyl (C=O) groups is 1. The molecule has 1 aromatic carbocycles. The summed E-state index contributed by atoms with van der Waals surface area (Å²) in [5.74, 6) is -0.395. The van der Waals surface area contributed by atoms with Gasteiger partial charge in [-0.3, -0.25) is 0 Å². The van der Waals surface area contributed by atoms with Crippen molar-refractivity contribution in [1.29, 1.82) is 0 Å². The van der Waals surface area contributed by atoms with Gasteiger partial charge in [0, 0.05) is 16.3 Å². The molecule has 0 fully saturated rings. The SMILES string of the molecule is O=C(OCc1csc(-c2ccsc2)n1)c1ccc(-n2cnnn2)cc1. The second-order valence-corrected chi connectivity index (χ2v) is 6.67. The molecule has 7 nitrogen and oxygen atoms in total. The number of thiophene rings is 1. The lowest BCUT2D eigenvalue weighted by atomic mass is 10.2. The van der Waals surface area contributed by atoms with Crippen LogP contribution in [0.1, 0.15) is 16.1 Å². The molecule has 9 heteroatoms. The summed E-state index contributed by atoms with van der Waals surface area (Å²) in [5, 5.41) is 17.8. The van der Waals surface area contributed by atoms with Crippen molar-refractivity contribution in [3.63, 3.8) is 0 Å². The average Bonchev–Trinajstić information content (AvgIpc) is 3.42. The topological polar surface area (TPSA) is 82.8 Å². The molecule has 0 N–H and O–H groups in total. The van der Waals surface area contributed by atoms with Crippen LogP contribution in [0.3, 0.4) is 0 Å². The largest absolute Gasteiger partial charge is 0.456 e. The van der Waals surface area contributed by atoms with E-state index in [0.29, 0.717) is 5.56 Å². The van der Waals surface area contributed by atoms with Crippen LogP contribution in [0, 0.1) is 0 Å². The fourth-order valence-corrected chi connectivity index (χ4v) is 3.66. The number of hydrogen-bond acceptors (Lipinski definition) is 8. The predicted molar refractivity (Wildman–Crippen MR) is 93.7 cm³/mol. The Morgan fingerprint density at radius 1 is 1.16 bits per heavy atom. The van der Waals surface area contributed by atoms with Crippen LogP contribution in [0.2, 0.25) is 0 Å². The Labute approximate surface area is 150 Å². The van der Waals surface area contributed by atoms with Crippen LogP contribution in [-0.4, -0.2) is 31.2 Å². The van der Waals surface area contributed by atoms with E-state index in [9.17, 15) is 4.79 Å². The van der Waals surface area contributed by atoms with Gasteiger partial charge in [0.25, 0.3) is 0 Å². The molecule has 3 heterocycles. The van der Waals surface area contributed by atoms with Crippen molar-refractivity contribution < 1.29 is 9.53 Å². The van der Waals surface area contributed by atoms with E-state index in [1.807, 2.05) is 22.2 Å². The van der Waals surface area contributed by atoms with Crippen molar-refractivity contribution in [2.24, 2.45) is 0 Å². The smallest absolute Gasteiger partial charge is 0.338 e. The van der Waals surface area contributed by atoms with Crippen LogP contribution < -0.4 is 0 Å². The molecule has 0 atom stereocenters. The molecule has 0 aliphatic rings. The van der Waals surface area contributed by atoms with Crippen LogP contribution >= 0.6 is 22.7 Å². The number of ether oxygens (including phenoxy) is 1. The van der Waals surface area contributed by atoms with Crippen molar-refractivity contribution in [2.75, 3.05) is 0 Å². The van der Waals surface area contributed by atoms with Gasteiger partial charge in [0.05, 0.1) is 16.9 Å². The first-order valence-corrected chi connectivity index (χ1v) is 9.09. The molecule has 0 amide bonds. The van der Waals surface area contributed by atoms with Crippen LogP contribution in [0.5, 0.6) is 0 Å². The van der Waals surface area contributed by atoms with Gasteiger partial charge in [-0.25, -0.2) is 14.5 Å². The van der Waals surface area contributed by atoms with Gasteiger partial charge in [0.2, 0.25) is 0 Å². The minimum atomic E-state index is -0.395. The van der Waals surface area contributed by atoms with Crippen LogP contribution in [-0.2, 0) is 11.3 Å². The number of benzene rings is 1. The quantitative estimate of drug-likeness (QED) is 0.502. The average molecular weight is 369 g/mol. The first-order chi connectivity index (χ1) is 12.3. The standard InChI is InChI=1S/C16H11N5O2S2/c22-16(11-1-3-14(4-2-11)21-10-17-19-20-21)23-7-13-9-25-15(18-13)12-5-6-24-8-12/h1-6,8-10H,7H2. The number of hydrogen-bond donors (Lipinski definition) is 0. The van der Waals surface area contributed by atoms with E-state index in [0.717, 1.165) is 22.0 Å². The fourth-order valence-electron chi connectivity index (χ4n) is 2.14. The highest BCUT2D eigenvalue weighted by Crippen LogP contribution is 2.26. The summed E-state index contributed by atoms with van der Waals surface area (Å²) in [6.45, 7) is 0.147. The summed E-state index contributed by atoms with van der Waals surface area (Å²) in [6, 6.07) is 8.88. The van der Waals surface area contributed by atoms with E-state index in [4.69, 9.17) is 4.74 Å². The Morgan fingerprint density at radius 2 is 2.04 bits per heavy atom. The summed E-state index contributed by atoms with van der Waals surface area (Å²) in [4.78, 5) is 16.6. The highest BCUT2D eigenvalue weighted by molar-refractivity contribution is 7.14. The molecule has 0 aliphatic carbocycles. The van der Waals surface area contributed by atoms with Crippen LogP contribution in [0.4, 0.5) is 0 Å². The number of rotatable bonds is 5. The monoisotopic (exact) mass is 369 g/mol. The summed E-state index contributed by atoms with van der Waals surface area (Å²) < 4.78 is 6.85. The number of aromatic nitrogens is 5. The van der Waals surface area contributed by atoms with Crippen molar-refractivity contribution in [1.82, 2.24) is 25.2 Å². The number of thiazole rings is 1. The molecule has 4 aromatic rings. The van der Waals surface area contributed by atoms with Gasteiger partial charge in [-0.1, -0.05) is 0 Å². The number of tetrazole rings is 1. The van der Waals surface area contributed by atoms with Gasteiger partial charge in [0.1, 0.15) is 17.9 Å². The van der Waals surface area contributed by atoms with E-state index >= 15 is 0 Å². The Bertz CT molecular complexity index is 963. The third-order valence-corrected chi connectivity index (χ3v) is 5.01. The summed E-state index contributed by atoms with van der Waals surface area (Å²) in [6.07, 6.45) is 1.49. The minimum Gasteiger partial charge on any atom is -0.456 e. The molecular weight excluding hydrogens is 358 g/mol. The van der Waals surface area contributed by atoms with Crippen molar-refractivity contribution in [3.05, 3.63) is 64.1 Å². The first-order valence-electron chi connectivity index (χ1n) is 7.27. The van der Waals surface area contributed by atoms with Gasteiger partial charge >= 0.3 is 5.97 Å². The van der Waals surface area contributed by atoms with Crippen molar-refractivity contribution in [3.8, 4) is 16.3 Å². The van der Waals surface area contributed by atoms with Crippen LogP contribution in [0.25, 0.3) is 16.3 Å². The number of carbonyl (C=O) groups excluding carboxylic acids is 1. The molecule has 3 aromatic heterocycles. The maximum Gasteiger partial charge on any atom is 0.338 e. The second kappa shape index (κ2) is 6.91. The lowest BCUT2D eigenvalue weighted by Gasteiger charge is -2.04. The van der Waals surface area contributed by atoms with E-state index < -0.39 is 5.97 Å². The summed E-state index contributed by atoms with van der Waals surface area (Å²) >= 11 is 3.16. The number of esters is 1. The zero-order chi connectivity index (χ0) is 17.1. The van der Waals surface area contributed by atoms with Gasteiger partial charge in [-0.05, 0) is 46.1 Å². The maximum absolute atomic E-state index is 12.2. The summed E-state index contributed by atoms with van der Waals surface area (Å²) in [5.41, 5.74) is 3.06. The van der Waals surface area contributed by atoms with Gasteiger partial charge in [-0.2, -0.15) is 11.3 Å². The molecule has 0 bridgehead atoms. The highest BCUT2D eigenvalue weighted by Gasteiger charge is 2.10. The lowest BCUT2D eigenvalue weighted by Crippen LogP contribution is -2.06. The van der Waals surface area contributed by atoms with E-state index in [2.05, 4.69) is 20.5 Å². The molecule has 25 heavy (non-hydrogen) atoms. The highest BCUT2D eigenvalue weighted by atomic mass is 32.1. The zero-order valence-electron chi connectivity index (χ0n) is 12.8. The molecule has 0 spiro atoms. The minimum absolute atomic E-state index is 0.147. The molecule has 0 unspecified atom stereocenters. The van der Waals surface area contributed by atoms with E-state index in [-0.39, 0.29) is 6.61 Å². The van der Waals surface area contributed by atoms with Gasteiger partial charge in [-0.15, -0.1) is 16.4 Å². The number of nitrogens with zero attached hydrogens (tertiary/aromatic N) is 5. The fraction of sp³-hybridized carbons (Fsp3) is 0.0625. The molecule has 0 aliphatic heterocycles. The van der Waals surface area contributed by atoms with Gasteiger partial charge in [0.15, 0.2) is 0 Å². The lowest BCUT2D eigenvalue weighted by molar-refractivity contribution is 0.0468. The Hall–Kier alpha value is -2.91. The van der Waals surface area contributed by atoms with Gasteiger partial charge < -0.3 is 4.74 Å². The molecule has 124 valence electrons. The van der Waals surface area contributed by atoms with Crippen LogP contribution in [0.15, 0.2) is 52.8 Å². The predicted octanol–water partition coefficient (Wildman–Crippen LogP) is 3.20. The molecule has 0 radical (unpaired) electrons. The van der Waals surface area contributed by atoms with E-state index in [1.54, 1.807) is 35.6 Å². The maximum atomic E-state index is 12.2. The van der Waals surface area contributed by atoms with Crippen molar-refractivity contribution in [2.45, 2.75) is 6.61 Å². The second-order valence-electron chi connectivity index (χ2n) is 5.03. The zero-order valence-corrected chi connectivity index (χ0v) is 14.4. The third-order valence-electron chi connectivity index (χ3n) is 3.39. The Balaban J connectivity index is 1.39. The third kappa shape index (κ3) is 3.47. The molecular formula is C16H11N5O2S2. The summed E-state index contributed by atoms with van der Waals surface area (Å²) in [7, 11) is 0. The van der Waals surface area contributed by atoms with E-state index in [1.165, 1.54) is 22.3 Å². The van der Waals surface area contributed by atoms with Crippen molar-refractivity contribution >= 4 is 28.6 Å². The Kier molecular flexibility index (Phi) is 4.32. The Morgan fingerprint density at radius 3 is 2.76 bits per heavy atom. The molecule has 4 rings (SSSR count). The molecule has 0 saturated carbocycles. The molecule has 0 saturated heterocycles.